The van der Waals surface area contributed by atoms with Gasteiger partial charge in [-0.05, 0) is 12.1 Å². The Morgan fingerprint density at radius 1 is 1.08 bits per heavy atom. The van der Waals surface area contributed by atoms with E-state index in [4.69, 9.17) is 10.7 Å². The van der Waals surface area contributed by atoms with Gasteiger partial charge in [0.1, 0.15) is 0 Å². The number of hydrogen-bond acceptors (Lipinski definition) is 2. The summed E-state index contributed by atoms with van der Waals surface area (Å²) in [7, 11) is 1.11. The first-order valence-corrected chi connectivity index (χ1v) is 5.40. The van der Waals surface area contributed by atoms with E-state index in [1.165, 1.54) is 0 Å². The fraction of sp³-hybridized carbons (Fsp3) is 0. The molecule has 0 aliphatic carbocycles. The minimum atomic E-state index is -3.81. The molecule has 0 unspecified atom stereocenters. The molecule has 0 saturated carbocycles. The first-order valence-electron chi connectivity index (χ1n) is 3.14. The maximum Gasteiger partial charge on any atom is 0.340 e. The zero-order chi connectivity index (χ0) is 9.03. The third kappa shape index (κ3) is 3.50. The van der Waals surface area contributed by atoms with E-state index >= 15 is 0 Å². The van der Waals surface area contributed by atoms with E-state index in [1.807, 2.05) is 0 Å². The van der Waals surface area contributed by atoms with Gasteiger partial charge in [0, 0.05) is 10.7 Å². The minimum absolute atomic E-state index is 0.315. The molecule has 0 spiro atoms. The Bertz CT molecular complexity index is 405. The molecule has 0 aliphatic rings. The predicted octanol–water partition coefficient (Wildman–Crippen LogP) is 1.07. The molecule has 0 saturated heterocycles. The summed E-state index contributed by atoms with van der Waals surface area (Å²) >= 11 is 0. The van der Waals surface area contributed by atoms with E-state index < -0.39 is 9.24 Å². The first-order chi connectivity index (χ1) is 5.58. The van der Waals surface area contributed by atoms with E-state index in [0.717, 1.165) is 0 Å². The molecule has 5 heteroatoms. The Hall–Kier alpha value is -0.870. The number of rotatable bonds is 1. The molecular weight excluding hydrogens is 198 g/mol. The van der Waals surface area contributed by atoms with Crippen molar-refractivity contribution < 1.29 is 8.42 Å². The van der Waals surface area contributed by atoms with Crippen LogP contribution in [0.4, 0.5) is 0 Å². The standard InChI is InChI=1S/C7H6ClNO2S/c8-12(10,11)9-7-5-3-1-2-4-6-7/h1-6H. The molecule has 0 heterocycles. The smallest absolute Gasteiger partial charge is 0.187 e. The van der Waals surface area contributed by atoms with Crippen molar-refractivity contribution in [2.75, 3.05) is 0 Å². The van der Waals surface area contributed by atoms with Crippen LogP contribution in [-0.4, -0.2) is 8.42 Å². The molecule has 1 aromatic rings. The Morgan fingerprint density at radius 2 is 1.58 bits per heavy atom. The van der Waals surface area contributed by atoms with Crippen LogP contribution in [0, 0.1) is 0 Å². The van der Waals surface area contributed by atoms with E-state index in [-0.39, 0.29) is 0 Å². The largest absolute Gasteiger partial charge is 0.340 e. The van der Waals surface area contributed by atoms with Crippen LogP contribution in [0.3, 0.4) is 0 Å². The Balaban J connectivity index is 3.33. The molecule has 0 amide bonds. The van der Waals surface area contributed by atoms with E-state index in [0.29, 0.717) is 5.36 Å². The maximum absolute atomic E-state index is 10.5. The van der Waals surface area contributed by atoms with Gasteiger partial charge in [0.15, 0.2) is 0 Å². The molecule has 0 atom stereocenters. The lowest BCUT2D eigenvalue weighted by atomic mass is 10.5. The Labute approximate surface area is 74.9 Å². The highest BCUT2D eigenvalue weighted by Gasteiger charge is 1.96. The van der Waals surface area contributed by atoms with Crippen LogP contribution in [-0.2, 0) is 9.24 Å². The molecule has 1 rings (SSSR count). The van der Waals surface area contributed by atoms with Crippen LogP contribution < -0.4 is 5.36 Å². The maximum atomic E-state index is 10.5. The first kappa shape index (κ1) is 9.22. The van der Waals surface area contributed by atoms with Gasteiger partial charge >= 0.3 is 9.24 Å². The van der Waals surface area contributed by atoms with Crippen molar-refractivity contribution in [3.05, 3.63) is 41.8 Å². The lowest BCUT2D eigenvalue weighted by Crippen LogP contribution is -1.99. The van der Waals surface area contributed by atoms with E-state index in [1.54, 1.807) is 36.4 Å². The van der Waals surface area contributed by atoms with Crippen LogP contribution in [0.25, 0.3) is 0 Å². The summed E-state index contributed by atoms with van der Waals surface area (Å²) in [5, 5.41) is 0.315. The van der Waals surface area contributed by atoms with Crippen LogP contribution in [0.2, 0.25) is 0 Å². The molecule has 0 aliphatic heterocycles. The lowest BCUT2D eigenvalue weighted by Gasteiger charge is -1.79. The number of nitrogens with zero attached hydrogens (tertiary/aromatic N) is 1. The normalized spacial score (nSPS) is 10.8. The summed E-state index contributed by atoms with van der Waals surface area (Å²) in [6.45, 7) is 0. The van der Waals surface area contributed by atoms with Crippen molar-refractivity contribution in [3.8, 4) is 0 Å². The minimum Gasteiger partial charge on any atom is -0.187 e. The van der Waals surface area contributed by atoms with Crippen LogP contribution >= 0.6 is 10.7 Å². The van der Waals surface area contributed by atoms with Gasteiger partial charge in [-0.25, -0.2) is 0 Å². The molecule has 0 N–H and O–H groups in total. The Kier molecular flexibility index (Phi) is 2.83. The van der Waals surface area contributed by atoms with Crippen LogP contribution in [0.15, 0.2) is 40.8 Å². The summed E-state index contributed by atoms with van der Waals surface area (Å²) in [6.07, 6.45) is 0. The predicted molar refractivity (Wildman–Crippen MR) is 46.8 cm³/mol. The molecule has 0 bridgehead atoms. The van der Waals surface area contributed by atoms with Crippen molar-refractivity contribution in [2.24, 2.45) is 4.40 Å². The van der Waals surface area contributed by atoms with Crippen molar-refractivity contribution in [1.29, 1.82) is 0 Å². The van der Waals surface area contributed by atoms with Gasteiger partial charge in [-0.2, -0.15) is 12.8 Å². The summed E-state index contributed by atoms with van der Waals surface area (Å²) in [4.78, 5) is 0. The molecule has 0 aromatic heterocycles. The van der Waals surface area contributed by atoms with E-state index in [9.17, 15) is 8.42 Å². The highest BCUT2D eigenvalue weighted by atomic mass is 35.7. The number of halogens is 1. The highest BCUT2D eigenvalue weighted by Crippen LogP contribution is 1.94. The Morgan fingerprint density at radius 3 is 2.00 bits per heavy atom. The molecule has 0 fully saturated rings. The zero-order valence-electron chi connectivity index (χ0n) is 6.01. The second-order valence-corrected chi connectivity index (χ2v) is 4.21. The molecule has 3 nitrogen and oxygen atoms in total. The van der Waals surface area contributed by atoms with Gasteiger partial charge in [0.05, 0.1) is 5.36 Å². The van der Waals surface area contributed by atoms with Crippen molar-refractivity contribution in [3.63, 3.8) is 0 Å². The quantitative estimate of drug-likeness (QED) is 0.641. The highest BCUT2D eigenvalue weighted by molar-refractivity contribution is 8.12. The topological polar surface area (TPSA) is 46.5 Å². The summed E-state index contributed by atoms with van der Waals surface area (Å²) in [5.41, 5.74) is 0. The summed E-state index contributed by atoms with van der Waals surface area (Å²) in [5.74, 6) is 0. The van der Waals surface area contributed by atoms with Gasteiger partial charge in [0.2, 0.25) is 0 Å². The van der Waals surface area contributed by atoms with Gasteiger partial charge in [0.25, 0.3) is 0 Å². The van der Waals surface area contributed by atoms with Gasteiger partial charge in [-0.3, -0.25) is 0 Å². The molecular formula is C7H6ClNO2S. The third-order valence-corrected chi connectivity index (χ3v) is 1.72. The molecule has 0 radical (unpaired) electrons. The van der Waals surface area contributed by atoms with Crippen molar-refractivity contribution >= 4 is 19.9 Å². The van der Waals surface area contributed by atoms with Gasteiger partial charge in [-0.15, -0.1) is 0 Å². The molecule has 1 aromatic carbocycles. The third-order valence-electron chi connectivity index (χ3n) is 1.08. The van der Waals surface area contributed by atoms with Gasteiger partial charge < -0.3 is 0 Å². The summed E-state index contributed by atoms with van der Waals surface area (Å²) in [6, 6.07) is 10.0. The summed E-state index contributed by atoms with van der Waals surface area (Å²) < 4.78 is 24.3. The zero-order valence-corrected chi connectivity index (χ0v) is 7.59. The monoisotopic (exact) mass is 203 g/mol. The fourth-order valence-electron chi connectivity index (χ4n) is 0.679. The average Bonchev–Trinajstić information content (AvgIpc) is 2.12. The van der Waals surface area contributed by atoms with Crippen molar-refractivity contribution in [2.45, 2.75) is 0 Å². The SMILES string of the molecule is O=S(=O)(Cl)N=c1cccccc1. The van der Waals surface area contributed by atoms with Gasteiger partial charge in [-0.1, -0.05) is 24.3 Å². The van der Waals surface area contributed by atoms with Crippen LogP contribution in [0.1, 0.15) is 0 Å². The van der Waals surface area contributed by atoms with Crippen molar-refractivity contribution in [1.82, 2.24) is 0 Å². The second-order valence-electron chi connectivity index (χ2n) is 2.03. The number of hydrogen-bond donors (Lipinski definition) is 0. The fourth-order valence-corrected chi connectivity index (χ4v) is 1.29. The average molecular weight is 204 g/mol. The second kappa shape index (κ2) is 3.69. The molecule has 64 valence electrons. The molecule has 12 heavy (non-hydrogen) atoms. The lowest BCUT2D eigenvalue weighted by molar-refractivity contribution is 0.610. The van der Waals surface area contributed by atoms with Crippen LogP contribution in [0.5, 0.6) is 0 Å². The van der Waals surface area contributed by atoms with E-state index in [2.05, 4.69) is 4.40 Å².